The summed E-state index contributed by atoms with van der Waals surface area (Å²) in [5.41, 5.74) is 0.111. The molecular weight excluding hydrogens is 206 g/mol. The Morgan fingerprint density at radius 3 is 2.38 bits per heavy atom. The van der Waals surface area contributed by atoms with Crippen LogP contribution in [0.1, 0.15) is 41.0 Å². The van der Waals surface area contributed by atoms with Gasteiger partial charge in [0.2, 0.25) is 0 Å². The highest BCUT2D eigenvalue weighted by Gasteiger charge is 2.08. The first-order chi connectivity index (χ1) is 7.31. The summed E-state index contributed by atoms with van der Waals surface area (Å²) in [4.78, 5) is 11.1. The van der Waals surface area contributed by atoms with Crippen molar-refractivity contribution in [3.05, 3.63) is 0 Å². The summed E-state index contributed by atoms with van der Waals surface area (Å²) < 4.78 is 10.3. The minimum absolute atomic E-state index is 0.0462. The molecule has 0 fully saturated rings. The van der Waals surface area contributed by atoms with Crippen LogP contribution in [0.5, 0.6) is 0 Å². The number of hydrogen-bond acceptors (Lipinski definition) is 4. The molecule has 0 aliphatic heterocycles. The molecule has 96 valence electrons. The van der Waals surface area contributed by atoms with Crippen molar-refractivity contribution < 1.29 is 14.3 Å². The van der Waals surface area contributed by atoms with E-state index in [2.05, 4.69) is 26.1 Å². The molecule has 0 aliphatic rings. The van der Waals surface area contributed by atoms with Gasteiger partial charge in [-0.05, 0) is 34.6 Å². The predicted molar refractivity (Wildman–Crippen MR) is 64.4 cm³/mol. The summed E-state index contributed by atoms with van der Waals surface area (Å²) in [6.45, 7) is 11.8. The van der Waals surface area contributed by atoms with Gasteiger partial charge in [0.1, 0.15) is 0 Å². The number of hydrogen-bond donors (Lipinski definition) is 1. The second kappa shape index (κ2) is 7.63. The van der Waals surface area contributed by atoms with Crippen LogP contribution in [0.25, 0.3) is 0 Å². The molecule has 4 heteroatoms. The average molecular weight is 231 g/mol. The maximum Gasteiger partial charge on any atom is 0.308 e. The largest absolute Gasteiger partial charge is 0.463 e. The van der Waals surface area contributed by atoms with Gasteiger partial charge in [0.15, 0.2) is 0 Å². The summed E-state index contributed by atoms with van der Waals surface area (Å²) in [6.07, 6.45) is 0.281. The Hall–Kier alpha value is -0.610. The van der Waals surface area contributed by atoms with E-state index in [-0.39, 0.29) is 17.6 Å². The molecule has 0 radical (unpaired) electrons. The molecule has 0 atom stereocenters. The molecule has 4 nitrogen and oxygen atoms in total. The highest BCUT2D eigenvalue weighted by molar-refractivity contribution is 5.69. The predicted octanol–water partition coefficient (Wildman–Crippen LogP) is 1.73. The molecule has 0 aromatic heterocycles. The van der Waals surface area contributed by atoms with Crippen LogP contribution in [-0.4, -0.2) is 37.4 Å². The second-order valence-corrected chi connectivity index (χ2v) is 5.08. The third kappa shape index (κ3) is 11.5. The van der Waals surface area contributed by atoms with Gasteiger partial charge < -0.3 is 14.8 Å². The van der Waals surface area contributed by atoms with E-state index < -0.39 is 0 Å². The molecule has 0 unspecified atom stereocenters. The van der Waals surface area contributed by atoms with Crippen molar-refractivity contribution >= 4 is 5.97 Å². The first-order valence-corrected chi connectivity index (χ1v) is 5.83. The number of esters is 1. The van der Waals surface area contributed by atoms with Crippen molar-refractivity contribution in [1.29, 1.82) is 0 Å². The Labute approximate surface area is 98.7 Å². The number of carbonyl (C=O) groups excluding carboxylic acids is 1. The molecule has 0 rings (SSSR count). The van der Waals surface area contributed by atoms with Crippen molar-refractivity contribution in [1.82, 2.24) is 5.32 Å². The molecule has 16 heavy (non-hydrogen) atoms. The fourth-order valence-electron chi connectivity index (χ4n) is 1.08. The second-order valence-electron chi connectivity index (χ2n) is 5.08. The quantitative estimate of drug-likeness (QED) is 0.535. The van der Waals surface area contributed by atoms with Gasteiger partial charge >= 0.3 is 5.97 Å². The van der Waals surface area contributed by atoms with Crippen LogP contribution in [0.3, 0.4) is 0 Å². The monoisotopic (exact) mass is 231 g/mol. The van der Waals surface area contributed by atoms with E-state index in [4.69, 9.17) is 9.47 Å². The van der Waals surface area contributed by atoms with Crippen LogP contribution in [0.2, 0.25) is 0 Å². The Balaban J connectivity index is 3.31. The van der Waals surface area contributed by atoms with E-state index >= 15 is 0 Å². The fraction of sp³-hybridized carbons (Fsp3) is 0.917. The SMILES string of the molecule is CC(C)OC(=O)CCOCCNC(C)(C)C. The van der Waals surface area contributed by atoms with Crippen LogP contribution in [-0.2, 0) is 14.3 Å². The zero-order valence-corrected chi connectivity index (χ0v) is 11.1. The third-order valence-corrected chi connectivity index (χ3v) is 1.72. The van der Waals surface area contributed by atoms with Crippen LogP contribution in [0.4, 0.5) is 0 Å². The van der Waals surface area contributed by atoms with Gasteiger partial charge in [0.05, 0.1) is 25.7 Å². The normalized spacial score (nSPS) is 11.9. The van der Waals surface area contributed by atoms with Crippen molar-refractivity contribution in [2.24, 2.45) is 0 Å². The van der Waals surface area contributed by atoms with E-state index in [9.17, 15) is 4.79 Å². The smallest absolute Gasteiger partial charge is 0.308 e. The molecule has 0 bridgehead atoms. The Bertz CT molecular complexity index is 197. The summed E-state index contributed by atoms with van der Waals surface area (Å²) in [5.74, 6) is -0.196. The molecule has 0 aromatic rings. The lowest BCUT2D eigenvalue weighted by molar-refractivity contribution is -0.148. The fourth-order valence-corrected chi connectivity index (χ4v) is 1.08. The zero-order valence-electron chi connectivity index (χ0n) is 11.1. The van der Waals surface area contributed by atoms with Crippen LogP contribution in [0, 0.1) is 0 Å². The molecule has 0 aliphatic carbocycles. The van der Waals surface area contributed by atoms with Gasteiger partial charge in [-0.1, -0.05) is 0 Å². The number of ether oxygens (including phenoxy) is 2. The number of carbonyl (C=O) groups is 1. The zero-order chi connectivity index (χ0) is 12.6. The standard InChI is InChI=1S/C12H25NO3/c1-10(2)16-11(14)6-8-15-9-7-13-12(3,4)5/h10,13H,6-9H2,1-5H3. The van der Waals surface area contributed by atoms with Crippen molar-refractivity contribution in [2.45, 2.75) is 52.7 Å². The summed E-state index contributed by atoms with van der Waals surface area (Å²) in [6, 6.07) is 0. The van der Waals surface area contributed by atoms with E-state index in [0.29, 0.717) is 19.6 Å². The van der Waals surface area contributed by atoms with Crippen LogP contribution < -0.4 is 5.32 Å². The maximum atomic E-state index is 11.1. The van der Waals surface area contributed by atoms with Crippen molar-refractivity contribution in [3.8, 4) is 0 Å². The molecular formula is C12H25NO3. The summed E-state index contributed by atoms with van der Waals surface area (Å²) in [5, 5.41) is 3.30. The maximum absolute atomic E-state index is 11.1. The summed E-state index contributed by atoms with van der Waals surface area (Å²) in [7, 11) is 0. The van der Waals surface area contributed by atoms with Gasteiger partial charge in [-0.25, -0.2) is 0 Å². The van der Waals surface area contributed by atoms with Gasteiger partial charge in [-0.3, -0.25) is 4.79 Å². The topological polar surface area (TPSA) is 47.6 Å². The lowest BCUT2D eigenvalue weighted by Crippen LogP contribution is -2.38. The third-order valence-electron chi connectivity index (χ3n) is 1.72. The van der Waals surface area contributed by atoms with E-state index in [0.717, 1.165) is 6.54 Å². The van der Waals surface area contributed by atoms with Gasteiger partial charge in [0.25, 0.3) is 0 Å². The van der Waals surface area contributed by atoms with E-state index in [1.807, 2.05) is 13.8 Å². The van der Waals surface area contributed by atoms with Crippen LogP contribution in [0.15, 0.2) is 0 Å². The molecule has 0 spiro atoms. The minimum atomic E-state index is -0.196. The first-order valence-electron chi connectivity index (χ1n) is 5.83. The lowest BCUT2D eigenvalue weighted by Gasteiger charge is -2.20. The Morgan fingerprint density at radius 1 is 1.25 bits per heavy atom. The molecule has 0 saturated carbocycles. The number of rotatable bonds is 7. The van der Waals surface area contributed by atoms with Crippen molar-refractivity contribution in [3.63, 3.8) is 0 Å². The van der Waals surface area contributed by atoms with Crippen molar-refractivity contribution in [2.75, 3.05) is 19.8 Å². The van der Waals surface area contributed by atoms with E-state index in [1.54, 1.807) is 0 Å². The summed E-state index contributed by atoms with van der Waals surface area (Å²) >= 11 is 0. The molecule has 0 aromatic carbocycles. The Kier molecular flexibility index (Phi) is 7.34. The minimum Gasteiger partial charge on any atom is -0.463 e. The average Bonchev–Trinajstić information content (AvgIpc) is 2.07. The van der Waals surface area contributed by atoms with Gasteiger partial charge in [0, 0.05) is 12.1 Å². The van der Waals surface area contributed by atoms with Crippen LogP contribution >= 0.6 is 0 Å². The lowest BCUT2D eigenvalue weighted by atomic mass is 10.1. The molecule has 0 amide bonds. The molecule has 0 saturated heterocycles. The highest BCUT2D eigenvalue weighted by atomic mass is 16.5. The van der Waals surface area contributed by atoms with Gasteiger partial charge in [-0.15, -0.1) is 0 Å². The molecule has 1 N–H and O–H groups in total. The highest BCUT2D eigenvalue weighted by Crippen LogP contribution is 1.97. The first kappa shape index (κ1) is 15.4. The van der Waals surface area contributed by atoms with Gasteiger partial charge in [-0.2, -0.15) is 0 Å². The van der Waals surface area contributed by atoms with E-state index in [1.165, 1.54) is 0 Å². The Morgan fingerprint density at radius 2 is 1.88 bits per heavy atom. The molecule has 0 heterocycles. The number of nitrogens with one attached hydrogen (secondary N) is 1.